The highest BCUT2D eigenvalue weighted by molar-refractivity contribution is 6.30. The van der Waals surface area contributed by atoms with Crippen molar-refractivity contribution in [2.45, 2.75) is 32.2 Å². The van der Waals surface area contributed by atoms with Gasteiger partial charge in [-0.05, 0) is 63.1 Å². The third-order valence-electron chi connectivity index (χ3n) is 3.66. The number of halogens is 1. The van der Waals surface area contributed by atoms with E-state index in [0.717, 1.165) is 11.6 Å². The molecule has 0 bridgehead atoms. The van der Waals surface area contributed by atoms with E-state index in [9.17, 15) is 0 Å². The highest BCUT2D eigenvalue weighted by Gasteiger charge is 2.15. The Morgan fingerprint density at radius 1 is 1.22 bits per heavy atom. The summed E-state index contributed by atoms with van der Waals surface area (Å²) in [6, 6.07) is 8.70. The molecule has 1 heterocycles. The van der Waals surface area contributed by atoms with E-state index in [4.69, 9.17) is 11.6 Å². The molecule has 3 heteroatoms. The number of nitrogens with zero attached hydrogens (tertiary/aromatic N) is 1. The van der Waals surface area contributed by atoms with Crippen molar-refractivity contribution < 1.29 is 0 Å². The minimum absolute atomic E-state index is 0.452. The van der Waals surface area contributed by atoms with Crippen molar-refractivity contribution in [3.63, 3.8) is 0 Å². The van der Waals surface area contributed by atoms with E-state index in [1.54, 1.807) is 0 Å². The number of hydrogen-bond acceptors (Lipinski definition) is 2. The fourth-order valence-corrected chi connectivity index (χ4v) is 2.77. The van der Waals surface area contributed by atoms with Crippen LogP contribution in [0.1, 0.15) is 37.8 Å². The molecule has 2 nitrogen and oxygen atoms in total. The molecule has 1 aliphatic rings. The first kappa shape index (κ1) is 13.9. The van der Waals surface area contributed by atoms with Gasteiger partial charge in [-0.25, -0.2) is 0 Å². The van der Waals surface area contributed by atoms with Crippen LogP contribution < -0.4 is 5.32 Å². The van der Waals surface area contributed by atoms with Gasteiger partial charge in [0.1, 0.15) is 0 Å². The predicted molar refractivity (Wildman–Crippen MR) is 78.2 cm³/mol. The molecule has 0 amide bonds. The van der Waals surface area contributed by atoms with Gasteiger partial charge in [0.25, 0.3) is 0 Å². The van der Waals surface area contributed by atoms with Crippen LogP contribution in [-0.2, 0) is 0 Å². The van der Waals surface area contributed by atoms with E-state index in [-0.39, 0.29) is 0 Å². The standard InChI is InChI=1S/C15H23ClN2/c1-2-17-15(9-12-18-10-3-4-11-18)13-5-7-14(16)8-6-13/h5-8,15,17H,2-4,9-12H2,1H3. The van der Waals surface area contributed by atoms with Gasteiger partial charge in [0, 0.05) is 11.1 Å². The van der Waals surface area contributed by atoms with E-state index in [1.165, 1.54) is 44.5 Å². The van der Waals surface area contributed by atoms with Gasteiger partial charge < -0.3 is 10.2 Å². The summed E-state index contributed by atoms with van der Waals surface area (Å²) >= 11 is 5.95. The minimum atomic E-state index is 0.452. The average molecular weight is 267 g/mol. The summed E-state index contributed by atoms with van der Waals surface area (Å²) in [5.74, 6) is 0. The topological polar surface area (TPSA) is 15.3 Å². The van der Waals surface area contributed by atoms with Crippen LogP contribution in [0.3, 0.4) is 0 Å². The van der Waals surface area contributed by atoms with Crippen molar-refractivity contribution in [2.75, 3.05) is 26.2 Å². The summed E-state index contributed by atoms with van der Waals surface area (Å²) < 4.78 is 0. The van der Waals surface area contributed by atoms with Crippen molar-refractivity contribution in [3.05, 3.63) is 34.9 Å². The molecule has 0 aromatic heterocycles. The average Bonchev–Trinajstić information content (AvgIpc) is 2.89. The second-order valence-corrected chi connectivity index (χ2v) is 5.44. The summed E-state index contributed by atoms with van der Waals surface area (Å²) in [5.41, 5.74) is 1.35. The molecule has 1 atom stereocenters. The van der Waals surface area contributed by atoms with Crippen LogP contribution in [0, 0.1) is 0 Å². The molecule has 1 fully saturated rings. The third kappa shape index (κ3) is 3.98. The van der Waals surface area contributed by atoms with Crippen LogP contribution in [0.2, 0.25) is 5.02 Å². The summed E-state index contributed by atoms with van der Waals surface area (Å²) in [7, 11) is 0. The first-order valence-electron chi connectivity index (χ1n) is 7.01. The zero-order chi connectivity index (χ0) is 12.8. The number of likely N-dealkylation sites (tertiary alicyclic amines) is 1. The lowest BCUT2D eigenvalue weighted by molar-refractivity contribution is 0.311. The van der Waals surface area contributed by atoms with Gasteiger partial charge in [0.15, 0.2) is 0 Å². The van der Waals surface area contributed by atoms with E-state index in [0.29, 0.717) is 6.04 Å². The zero-order valence-electron chi connectivity index (χ0n) is 11.2. The van der Waals surface area contributed by atoms with E-state index < -0.39 is 0 Å². The fraction of sp³-hybridized carbons (Fsp3) is 0.600. The summed E-state index contributed by atoms with van der Waals surface area (Å²) in [6.45, 7) is 6.92. The molecule has 1 N–H and O–H groups in total. The predicted octanol–water partition coefficient (Wildman–Crippen LogP) is 3.48. The maximum Gasteiger partial charge on any atom is 0.0406 e. The van der Waals surface area contributed by atoms with E-state index in [1.807, 2.05) is 12.1 Å². The van der Waals surface area contributed by atoms with Gasteiger partial charge in [-0.15, -0.1) is 0 Å². The highest BCUT2D eigenvalue weighted by Crippen LogP contribution is 2.20. The Bertz CT molecular complexity index is 344. The van der Waals surface area contributed by atoms with Gasteiger partial charge in [-0.2, -0.15) is 0 Å². The molecule has 1 saturated heterocycles. The fourth-order valence-electron chi connectivity index (χ4n) is 2.65. The normalized spacial score (nSPS) is 18.1. The monoisotopic (exact) mass is 266 g/mol. The van der Waals surface area contributed by atoms with Crippen LogP contribution in [0.5, 0.6) is 0 Å². The lowest BCUT2D eigenvalue weighted by Gasteiger charge is -2.22. The molecular weight excluding hydrogens is 244 g/mol. The summed E-state index contributed by atoms with van der Waals surface area (Å²) in [5, 5.41) is 4.39. The van der Waals surface area contributed by atoms with Crippen LogP contribution >= 0.6 is 11.6 Å². The van der Waals surface area contributed by atoms with Gasteiger partial charge in [0.05, 0.1) is 0 Å². The maximum absolute atomic E-state index is 5.95. The van der Waals surface area contributed by atoms with Gasteiger partial charge in [0.2, 0.25) is 0 Å². The van der Waals surface area contributed by atoms with E-state index in [2.05, 4.69) is 29.3 Å². The first-order valence-corrected chi connectivity index (χ1v) is 7.38. The van der Waals surface area contributed by atoms with Gasteiger partial charge in [-0.3, -0.25) is 0 Å². The van der Waals surface area contributed by atoms with Crippen molar-refractivity contribution in [3.8, 4) is 0 Å². The SMILES string of the molecule is CCNC(CCN1CCCC1)c1ccc(Cl)cc1. The lowest BCUT2D eigenvalue weighted by Crippen LogP contribution is -2.27. The van der Waals surface area contributed by atoms with Gasteiger partial charge in [-0.1, -0.05) is 30.7 Å². The molecule has 1 aromatic rings. The Morgan fingerprint density at radius 2 is 1.89 bits per heavy atom. The number of benzene rings is 1. The van der Waals surface area contributed by atoms with Crippen LogP contribution in [-0.4, -0.2) is 31.1 Å². The largest absolute Gasteiger partial charge is 0.310 e. The molecule has 100 valence electrons. The van der Waals surface area contributed by atoms with Crippen molar-refractivity contribution in [1.82, 2.24) is 10.2 Å². The molecule has 0 saturated carbocycles. The maximum atomic E-state index is 5.95. The van der Waals surface area contributed by atoms with Crippen LogP contribution in [0.15, 0.2) is 24.3 Å². The smallest absolute Gasteiger partial charge is 0.0406 e. The Hall–Kier alpha value is -0.570. The summed E-state index contributed by atoms with van der Waals surface area (Å²) in [4.78, 5) is 2.57. The molecule has 0 aliphatic carbocycles. The molecule has 1 unspecified atom stereocenters. The molecular formula is C15H23ClN2. The van der Waals surface area contributed by atoms with Crippen molar-refractivity contribution >= 4 is 11.6 Å². The van der Waals surface area contributed by atoms with Crippen LogP contribution in [0.25, 0.3) is 0 Å². The number of nitrogens with one attached hydrogen (secondary N) is 1. The highest BCUT2D eigenvalue weighted by atomic mass is 35.5. The van der Waals surface area contributed by atoms with Crippen LogP contribution in [0.4, 0.5) is 0 Å². The molecule has 1 aliphatic heterocycles. The Kier molecular flexibility index (Phi) is 5.48. The third-order valence-corrected chi connectivity index (χ3v) is 3.91. The second kappa shape index (κ2) is 7.13. The molecule has 1 aromatic carbocycles. The molecule has 0 spiro atoms. The minimum Gasteiger partial charge on any atom is -0.310 e. The second-order valence-electron chi connectivity index (χ2n) is 5.00. The van der Waals surface area contributed by atoms with Crippen molar-refractivity contribution in [1.29, 1.82) is 0 Å². The molecule has 0 radical (unpaired) electrons. The molecule has 18 heavy (non-hydrogen) atoms. The molecule has 2 rings (SSSR count). The number of hydrogen-bond donors (Lipinski definition) is 1. The Balaban J connectivity index is 1.91. The lowest BCUT2D eigenvalue weighted by atomic mass is 10.0. The number of rotatable bonds is 6. The Morgan fingerprint density at radius 3 is 2.50 bits per heavy atom. The quantitative estimate of drug-likeness (QED) is 0.848. The van der Waals surface area contributed by atoms with Gasteiger partial charge >= 0.3 is 0 Å². The summed E-state index contributed by atoms with van der Waals surface area (Å²) in [6.07, 6.45) is 3.91. The Labute approximate surface area is 115 Å². The van der Waals surface area contributed by atoms with Crippen molar-refractivity contribution in [2.24, 2.45) is 0 Å². The zero-order valence-corrected chi connectivity index (χ0v) is 11.9. The first-order chi connectivity index (χ1) is 8.79. The van der Waals surface area contributed by atoms with E-state index >= 15 is 0 Å².